The van der Waals surface area contributed by atoms with Gasteiger partial charge in [-0.15, -0.1) is 11.8 Å². The molecule has 0 radical (unpaired) electrons. The highest BCUT2D eigenvalue weighted by atomic mass is 32.2. The number of amides is 1. The standard InChI is InChI=1S/C18H19N3O3S2/c1-3-13-9-19-14(24-13)11-25-15-10-20-18(26-15)21-17(22)16(23-2)12-7-5-4-6-8-12/h4-10,16H,3,11H2,1-2H3,(H,20,21,22)/t16-/m1/s1. The number of oxazole rings is 1. The van der Waals surface area contributed by atoms with Crippen LogP contribution in [0.15, 0.2) is 51.4 Å². The molecule has 0 aliphatic heterocycles. The van der Waals surface area contributed by atoms with Crippen molar-refractivity contribution in [3.8, 4) is 0 Å². The van der Waals surface area contributed by atoms with Gasteiger partial charge in [0.15, 0.2) is 11.2 Å². The SMILES string of the molecule is CCc1cnc(CSc2cnc(NC(=O)[C@H](OC)c3ccccc3)s2)o1. The number of carbonyl (C=O) groups is 1. The molecule has 0 aliphatic carbocycles. The molecule has 0 spiro atoms. The van der Waals surface area contributed by atoms with E-state index in [4.69, 9.17) is 9.15 Å². The lowest BCUT2D eigenvalue weighted by Crippen LogP contribution is -2.22. The Morgan fingerprint density at radius 2 is 2.12 bits per heavy atom. The van der Waals surface area contributed by atoms with Crippen LogP contribution >= 0.6 is 23.1 Å². The summed E-state index contributed by atoms with van der Waals surface area (Å²) in [6.07, 6.45) is 3.65. The van der Waals surface area contributed by atoms with Gasteiger partial charge in [-0.3, -0.25) is 10.1 Å². The molecule has 0 bridgehead atoms. The Morgan fingerprint density at radius 1 is 1.31 bits per heavy atom. The average molecular weight is 390 g/mol. The zero-order valence-electron chi connectivity index (χ0n) is 14.5. The molecule has 8 heteroatoms. The number of nitrogens with zero attached hydrogens (tertiary/aromatic N) is 2. The van der Waals surface area contributed by atoms with Gasteiger partial charge in [0, 0.05) is 13.5 Å². The van der Waals surface area contributed by atoms with E-state index in [2.05, 4.69) is 15.3 Å². The van der Waals surface area contributed by atoms with Crippen molar-refractivity contribution < 1.29 is 13.9 Å². The quantitative estimate of drug-likeness (QED) is 0.579. The van der Waals surface area contributed by atoms with E-state index >= 15 is 0 Å². The van der Waals surface area contributed by atoms with Crippen LogP contribution < -0.4 is 5.32 Å². The minimum Gasteiger partial charge on any atom is -0.445 e. The van der Waals surface area contributed by atoms with Gasteiger partial charge in [0.2, 0.25) is 5.89 Å². The van der Waals surface area contributed by atoms with Crippen molar-refractivity contribution in [1.29, 1.82) is 0 Å². The molecule has 0 aliphatic rings. The first-order chi connectivity index (χ1) is 12.7. The van der Waals surface area contributed by atoms with Crippen LogP contribution in [0, 0.1) is 0 Å². The number of anilines is 1. The molecule has 0 fully saturated rings. The highest BCUT2D eigenvalue weighted by Crippen LogP contribution is 2.31. The Bertz CT molecular complexity index is 848. The predicted octanol–water partition coefficient (Wildman–Crippen LogP) is 4.31. The first-order valence-electron chi connectivity index (χ1n) is 8.10. The number of nitrogens with one attached hydrogen (secondary N) is 1. The average Bonchev–Trinajstić information content (AvgIpc) is 3.30. The van der Waals surface area contributed by atoms with E-state index in [1.165, 1.54) is 18.4 Å². The molecule has 136 valence electrons. The third kappa shape index (κ3) is 4.72. The van der Waals surface area contributed by atoms with Gasteiger partial charge in [0.25, 0.3) is 5.91 Å². The predicted molar refractivity (Wildman–Crippen MR) is 102 cm³/mol. The molecule has 3 aromatic rings. The third-order valence-corrected chi connectivity index (χ3v) is 5.67. The molecule has 1 aromatic carbocycles. The Hall–Kier alpha value is -2.16. The number of aryl methyl sites for hydroxylation is 1. The molecule has 1 atom stereocenters. The van der Waals surface area contributed by atoms with Crippen molar-refractivity contribution in [2.75, 3.05) is 12.4 Å². The smallest absolute Gasteiger partial charge is 0.259 e. The molecular formula is C18H19N3O3S2. The minimum atomic E-state index is -0.670. The van der Waals surface area contributed by atoms with Crippen molar-refractivity contribution in [3.05, 3.63) is 59.9 Å². The summed E-state index contributed by atoms with van der Waals surface area (Å²) in [6, 6.07) is 9.37. The number of hydrogen-bond donors (Lipinski definition) is 1. The van der Waals surface area contributed by atoms with Crippen LogP contribution in [0.2, 0.25) is 0 Å². The number of thioether (sulfide) groups is 1. The van der Waals surface area contributed by atoms with Gasteiger partial charge < -0.3 is 9.15 Å². The Morgan fingerprint density at radius 3 is 2.81 bits per heavy atom. The van der Waals surface area contributed by atoms with E-state index in [1.54, 1.807) is 24.2 Å². The zero-order valence-corrected chi connectivity index (χ0v) is 16.1. The summed E-state index contributed by atoms with van der Waals surface area (Å²) in [4.78, 5) is 21.0. The summed E-state index contributed by atoms with van der Waals surface area (Å²) in [7, 11) is 1.52. The van der Waals surface area contributed by atoms with E-state index < -0.39 is 6.10 Å². The van der Waals surface area contributed by atoms with Crippen LogP contribution in [0.1, 0.15) is 30.2 Å². The molecule has 3 rings (SSSR count). The summed E-state index contributed by atoms with van der Waals surface area (Å²) in [5.74, 6) is 1.95. The number of rotatable bonds is 8. The second-order valence-corrected chi connectivity index (χ2v) is 7.67. The van der Waals surface area contributed by atoms with Gasteiger partial charge in [0.05, 0.1) is 22.4 Å². The Kier molecular flexibility index (Phi) is 6.43. The number of carbonyl (C=O) groups excluding carboxylic acids is 1. The van der Waals surface area contributed by atoms with E-state index in [9.17, 15) is 4.79 Å². The molecule has 6 nitrogen and oxygen atoms in total. The number of ether oxygens (including phenoxy) is 1. The number of aromatic nitrogens is 2. The topological polar surface area (TPSA) is 77.2 Å². The third-order valence-electron chi connectivity index (χ3n) is 3.58. The van der Waals surface area contributed by atoms with Crippen molar-refractivity contribution >= 4 is 34.1 Å². The fourth-order valence-corrected chi connectivity index (χ4v) is 4.02. The normalized spacial score (nSPS) is 12.1. The fraction of sp³-hybridized carbons (Fsp3) is 0.278. The molecule has 0 saturated carbocycles. The van der Waals surface area contributed by atoms with Gasteiger partial charge in [0.1, 0.15) is 5.76 Å². The maximum atomic E-state index is 12.5. The number of thiazole rings is 1. The first-order valence-corrected chi connectivity index (χ1v) is 9.90. The fourth-order valence-electron chi connectivity index (χ4n) is 2.29. The largest absolute Gasteiger partial charge is 0.445 e. The molecule has 2 heterocycles. The van der Waals surface area contributed by atoms with Gasteiger partial charge in [-0.1, -0.05) is 48.6 Å². The highest BCUT2D eigenvalue weighted by molar-refractivity contribution is 8.00. The van der Waals surface area contributed by atoms with Crippen LogP contribution in [-0.4, -0.2) is 23.0 Å². The summed E-state index contributed by atoms with van der Waals surface area (Å²) in [5, 5.41) is 3.35. The molecule has 0 saturated heterocycles. The number of benzene rings is 1. The van der Waals surface area contributed by atoms with Crippen LogP contribution in [0.4, 0.5) is 5.13 Å². The molecule has 26 heavy (non-hydrogen) atoms. The monoisotopic (exact) mass is 389 g/mol. The maximum Gasteiger partial charge on any atom is 0.259 e. The zero-order chi connectivity index (χ0) is 18.4. The first kappa shape index (κ1) is 18.6. The van der Waals surface area contributed by atoms with Crippen molar-refractivity contribution in [2.45, 2.75) is 29.4 Å². The molecule has 1 amide bonds. The van der Waals surface area contributed by atoms with Crippen LogP contribution in [-0.2, 0) is 21.7 Å². The summed E-state index contributed by atoms with van der Waals surface area (Å²) in [6.45, 7) is 2.03. The van der Waals surface area contributed by atoms with Crippen LogP contribution in [0.3, 0.4) is 0 Å². The van der Waals surface area contributed by atoms with Gasteiger partial charge in [-0.2, -0.15) is 0 Å². The number of hydrogen-bond acceptors (Lipinski definition) is 7. The molecule has 1 N–H and O–H groups in total. The second kappa shape index (κ2) is 8.98. The van der Waals surface area contributed by atoms with Crippen LogP contribution in [0.25, 0.3) is 0 Å². The Labute approximate surface area is 160 Å². The van der Waals surface area contributed by atoms with E-state index in [0.717, 1.165) is 22.0 Å². The van der Waals surface area contributed by atoms with E-state index in [1.807, 2.05) is 37.3 Å². The van der Waals surface area contributed by atoms with Crippen molar-refractivity contribution in [2.24, 2.45) is 0 Å². The van der Waals surface area contributed by atoms with Gasteiger partial charge in [-0.25, -0.2) is 9.97 Å². The van der Waals surface area contributed by atoms with E-state index in [0.29, 0.717) is 16.8 Å². The minimum absolute atomic E-state index is 0.245. The van der Waals surface area contributed by atoms with Crippen molar-refractivity contribution in [3.63, 3.8) is 0 Å². The molecule has 0 unspecified atom stereocenters. The lowest BCUT2D eigenvalue weighted by molar-refractivity contribution is -0.126. The van der Waals surface area contributed by atoms with Crippen LogP contribution in [0.5, 0.6) is 0 Å². The lowest BCUT2D eigenvalue weighted by atomic mass is 10.1. The number of methoxy groups -OCH3 is 1. The van der Waals surface area contributed by atoms with Crippen molar-refractivity contribution in [1.82, 2.24) is 9.97 Å². The second-order valence-electron chi connectivity index (χ2n) is 5.36. The van der Waals surface area contributed by atoms with E-state index in [-0.39, 0.29) is 5.91 Å². The van der Waals surface area contributed by atoms with Gasteiger partial charge >= 0.3 is 0 Å². The molecular weight excluding hydrogens is 370 g/mol. The highest BCUT2D eigenvalue weighted by Gasteiger charge is 2.21. The molecule has 2 aromatic heterocycles. The Balaban J connectivity index is 1.58. The summed E-state index contributed by atoms with van der Waals surface area (Å²) >= 11 is 2.98. The maximum absolute atomic E-state index is 12.5. The summed E-state index contributed by atoms with van der Waals surface area (Å²) < 4.78 is 11.9. The summed E-state index contributed by atoms with van der Waals surface area (Å²) in [5.41, 5.74) is 0.800. The van der Waals surface area contributed by atoms with Gasteiger partial charge in [-0.05, 0) is 5.56 Å². The lowest BCUT2D eigenvalue weighted by Gasteiger charge is -2.14.